The van der Waals surface area contributed by atoms with Crippen molar-refractivity contribution >= 4 is 20.8 Å². The second-order valence-electron chi connectivity index (χ2n) is 5.57. The summed E-state index contributed by atoms with van der Waals surface area (Å²) in [6.45, 7) is 7.12. The summed E-state index contributed by atoms with van der Waals surface area (Å²) >= 11 is 0. The number of carbonyl (C=O) groups excluding carboxylic acids is 1. The fourth-order valence-corrected chi connectivity index (χ4v) is 4.25. The SMILES string of the molecule is CC(C)NC1=C(c2ccccc2)S(=O)(=O)N(C(C)C)C1=O. The number of amides is 1. The van der Waals surface area contributed by atoms with E-state index in [9.17, 15) is 13.2 Å². The molecule has 0 saturated carbocycles. The number of hydrogen-bond donors (Lipinski definition) is 1. The molecule has 21 heavy (non-hydrogen) atoms. The van der Waals surface area contributed by atoms with Gasteiger partial charge in [-0.15, -0.1) is 0 Å². The highest BCUT2D eigenvalue weighted by atomic mass is 32.2. The molecular formula is C15H20N2O3S. The lowest BCUT2D eigenvalue weighted by Crippen LogP contribution is -2.39. The Kier molecular flexibility index (Phi) is 4.09. The van der Waals surface area contributed by atoms with Gasteiger partial charge in [0, 0.05) is 12.1 Å². The van der Waals surface area contributed by atoms with E-state index in [2.05, 4.69) is 5.32 Å². The van der Waals surface area contributed by atoms with Crippen molar-refractivity contribution in [1.82, 2.24) is 9.62 Å². The highest BCUT2D eigenvalue weighted by Crippen LogP contribution is 2.35. The summed E-state index contributed by atoms with van der Waals surface area (Å²) in [4.78, 5) is 12.6. The molecule has 0 bridgehead atoms. The molecule has 2 rings (SSSR count). The molecule has 1 amide bonds. The third-order valence-electron chi connectivity index (χ3n) is 3.10. The van der Waals surface area contributed by atoms with Gasteiger partial charge in [-0.05, 0) is 33.3 Å². The molecule has 0 aromatic heterocycles. The molecule has 1 heterocycles. The van der Waals surface area contributed by atoms with E-state index in [1.54, 1.807) is 38.1 Å². The van der Waals surface area contributed by atoms with E-state index in [1.807, 2.05) is 19.9 Å². The van der Waals surface area contributed by atoms with E-state index in [0.717, 1.165) is 4.31 Å². The predicted molar refractivity (Wildman–Crippen MR) is 82.5 cm³/mol. The lowest BCUT2D eigenvalue weighted by molar-refractivity contribution is -0.123. The molecule has 114 valence electrons. The Morgan fingerprint density at radius 3 is 2.10 bits per heavy atom. The molecule has 1 aromatic carbocycles. The second-order valence-corrected chi connectivity index (χ2v) is 7.32. The van der Waals surface area contributed by atoms with Crippen LogP contribution in [0.1, 0.15) is 33.3 Å². The molecule has 1 N–H and O–H groups in total. The highest BCUT2D eigenvalue weighted by Gasteiger charge is 2.45. The molecule has 0 atom stereocenters. The van der Waals surface area contributed by atoms with Gasteiger partial charge in [-0.3, -0.25) is 4.79 Å². The number of hydrogen-bond acceptors (Lipinski definition) is 4. The first-order chi connectivity index (χ1) is 9.76. The van der Waals surface area contributed by atoms with Gasteiger partial charge in [-0.1, -0.05) is 30.3 Å². The van der Waals surface area contributed by atoms with E-state index in [4.69, 9.17) is 0 Å². The largest absolute Gasteiger partial charge is 0.377 e. The van der Waals surface area contributed by atoms with E-state index < -0.39 is 22.0 Å². The van der Waals surface area contributed by atoms with Gasteiger partial charge in [-0.25, -0.2) is 12.7 Å². The zero-order valence-corrected chi connectivity index (χ0v) is 13.4. The Morgan fingerprint density at radius 1 is 1.05 bits per heavy atom. The summed E-state index contributed by atoms with van der Waals surface area (Å²) in [5.41, 5.74) is 0.682. The minimum Gasteiger partial charge on any atom is -0.377 e. The standard InChI is InChI=1S/C15H20N2O3S/c1-10(2)16-13-14(12-8-6-5-7-9-12)21(19,20)17(11(3)4)15(13)18/h5-11,16H,1-4H3. The van der Waals surface area contributed by atoms with Crippen LogP contribution < -0.4 is 5.32 Å². The lowest BCUT2D eigenvalue weighted by atomic mass is 10.1. The minimum atomic E-state index is -3.82. The zero-order valence-electron chi connectivity index (χ0n) is 12.6. The zero-order chi connectivity index (χ0) is 15.8. The summed E-state index contributed by atoms with van der Waals surface area (Å²) in [7, 11) is -3.82. The number of sulfonamides is 1. The molecule has 0 radical (unpaired) electrons. The predicted octanol–water partition coefficient (Wildman–Crippen LogP) is 1.93. The average Bonchev–Trinajstić information content (AvgIpc) is 2.56. The molecule has 6 heteroatoms. The van der Waals surface area contributed by atoms with Crippen LogP contribution in [-0.4, -0.2) is 30.7 Å². The minimum absolute atomic E-state index is 0.0371. The monoisotopic (exact) mass is 308 g/mol. The van der Waals surface area contributed by atoms with Gasteiger partial charge in [0.2, 0.25) is 0 Å². The normalized spacial score (nSPS) is 18.0. The smallest absolute Gasteiger partial charge is 0.285 e. The van der Waals surface area contributed by atoms with Crippen LogP contribution in [0, 0.1) is 0 Å². The van der Waals surface area contributed by atoms with Crippen LogP contribution in [0.5, 0.6) is 0 Å². The Labute approximate surface area is 125 Å². The molecule has 0 fully saturated rings. The molecule has 0 aliphatic carbocycles. The van der Waals surface area contributed by atoms with Crippen molar-refractivity contribution in [3.63, 3.8) is 0 Å². The first kappa shape index (κ1) is 15.6. The number of rotatable bonds is 4. The Morgan fingerprint density at radius 2 is 1.62 bits per heavy atom. The van der Waals surface area contributed by atoms with Gasteiger partial charge in [-0.2, -0.15) is 0 Å². The van der Waals surface area contributed by atoms with Crippen LogP contribution in [-0.2, 0) is 14.8 Å². The summed E-state index contributed by atoms with van der Waals surface area (Å²) in [5, 5.41) is 2.99. The van der Waals surface area contributed by atoms with Gasteiger partial charge >= 0.3 is 0 Å². The van der Waals surface area contributed by atoms with Crippen LogP contribution in [0.3, 0.4) is 0 Å². The molecule has 0 saturated heterocycles. The van der Waals surface area contributed by atoms with Crippen molar-refractivity contribution in [3.05, 3.63) is 41.6 Å². The van der Waals surface area contributed by atoms with E-state index >= 15 is 0 Å². The van der Waals surface area contributed by atoms with Crippen LogP contribution >= 0.6 is 0 Å². The van der Waals surface area contributed by atoms with Crippen molar-refractivity contribution in [2.75, 3.05) is 0 Å². The molecule has 0 unspecified atom stereocenters. The van der Waals surface area contributed by atoms with E-state index in [0.29, 0.717) is 5.56 Å². The summed E-state index contributed by atoms with van der Waals surface area (Å²) < 4.78 is 26.4. The molecule has 0 spiro atoms. The fraction of sp³-hybridized carbons (Fsp3) is 0.400. The molecular weight excluding hydrogens is 288 g/mol. The number of benzene rings is 1. The van der Waals surface area contributed by atoms with E-state index in [-0.39, 0.29) is 16.6 Å². The number of nitrogens with zero attached hydrogens (tertiary/aromatic N) is 1. The third-order valence-corrected chi connectivity index (χ3v) is 5.16. The van der Waals surface area contributed by atoms with Crippen molar-refractivity contribution in [3.8, 4) is 0 Å². The Bertz CT molecular complexity index is 676. The van der Waals surface area contributed by atoms with Gasteiger partial charge in [0.05, 0.1) is 0 Å². The highest BCUT2D eigenvalue weighted by molar-refractivity contribution is 7.99. The Hall–Kier alpha value is -1.82. The molecule has 1 aliphatic heterocycles. The van der Waals surface area contributed by atoms with E-state index in [1.165, 1.54) is 0 Å². The van der Waals surface area contributed by atoms with Crippen LogP contribution in [0.25, 0.3) is 4.91 Å². The maximum absolute atomic E-state index is 12.7. The van der Waals surface area contributed by atoms with Crippen molar-refractivity contribution in [2.24, 2.45) is 0 Å². The maximum atomic E-state index is 12.7. The topological polar surface area (TPSA) is 66.5 Å². The first-order valence-electron chi connectivity index (χ1n) is 6.91. The van der Waals surface area contributed by atoms with Crippen molar-refractivity contribution < 1.29 is 13.2 Å². The quantitative estimate of drug-likeness (QED) is 0.923. The number of carbonyl (C=O) groups is 1. The van der Waals surface area contributed by atoms with Crippen molar-refractivity contribution in [1.29, 1.82) is 0 Å². The molecule has 1 aromatic rings. The summed E-state index contributed by atoms with van der Waals surface area (Å²) in [5.74, 6) is -0.488. The first-order valence-corrected chi connectivity index (χ1v) is 8.35. The van der Waals surface area contributed by atoms with Crippen LogP contribution in [0.2, 0.25) is 0 Å². The maximum Gasteiger partial charge on any atom is 0.285 e. The average molecular weight is 308 g/mol. The van der Waals surface area contributed by atoms with Crippen molar-refractivity contribution in [2.45, 2.75) is 39.8 Å². The van der Waals surface area contributed by atoms with Gasteiger partial charge < -0.3 is 5.32 Å². The Balaban J connectivity index is 2.68. The van der Waals surface area contributed by atoms with Gasteiger partial charge in [0.25, 0.3) is 15.9 Å². The summed E-state index contributed by atoms with van der Waals surface area (Å²) in [6.07, 6.45) is 0. The third kappa shape index (κ3) is 2.68. The number of nitrogens with one attached hydrogen (secondary N) is 1. The van der Waals surface area contributed by atoms with Gasteiger partial charge in [0.15, 0.2) is 0 Å². The second kappa shape index (κ2) is 5.52. The molecule has 5 nitrogen and oxygen atoms in total. The lowest BCUT2D eigenvalue weighted by Gasteiger charge is -2.20. The van der Waals surface area contributed by atoms with Gasteiger partial charge in [0.1, 0.15) is 10.6 Å². The molecule has 1 aliphatic rings. The van der Waals surface area contributed by atoms with Crippen LogP contribution in [0.4, 0.5) is 0 Å². The fourth-order valence-electron chi connectivity index (χ4n) is 2.35. The summed E-state index contributed by atoms with van der Waals surface area (Å²) in [6, 6.07) is 8.26. The van der Waals surface area contributed by atoms with Crippen LogP contribution in [0.15, 0.2) is 36.0 Å².